The topological polar surface area (TPSA) is 8.17 Å². The van der Waals surface area contributed by atoms with E-state index >= 15 is 0 Å². The number of aromatic nitrogens is 1. The van der Waals surface area contributed by atoms with E-state index in [0.717, 1.165) is 33.2 Å². The van der Waals surface area contributed by atoms with Gasteiger partial charge in [-0.2, -0.15) is 0 Å². The van der Waals surface area contributed by atoms with Crippen LogP contribution in [0.25, 0.3) is 60.9 Å². The van der Waals surface area contributed by atoms with Gasteiger partial charge in [0.25, 0.3) is 0 Å². The molecule has 1 aromatic heterocycles. The summed E-state index contributed by atoms with van der Waals surface area (Å²) >= 11 is 0. The lowest BCUT2D eigenvalue weighted by Crippen LogP contribution is -2.11. The van der Waals surface area contributed by atoms with Crippen molar-refractivity contribution in [3.05, 3.63) is 206 Å². The van der Waals surface area contributed by atoms with Crippen LogP contribution in [0, 0.1) is 0 Å². The fourth-order valence-corrected chi connectivity index (χ4v) is 6.12. The molecule has 236 valence electrons. The molecule has 0 aliphatic heterocycles. The average Bonchev–Trinajstić information content (AvgIpc) is 3.68. The van der Waals surface area contributed by atoms with Gasteiger partial charge in [-0.05, 0) is 88.4 Å². The monoisotopic (exact) mass is 656 g/mol. The zero-order valence-electron chi connectivity index (χ0n) is 44.1. The Labute approximate surface area is 318 Å². The molecule has 0 atom stereocenters. The molecular weight excluding hydrogens is 605 g/mol. The van der Waals surface area contributed by atoms with Crippen LogP contribution in [0.3, 0.4) is 0 Å². The second-order valence-electron chi connectivity index (χ2n) is 11.3. The van der Waals surface area contributed by atoms with Crippen LogP contribution in [-0.4, -0.2) is 4.57 Å². The van der Waals surface area contributed by atoms with Crippen LogP contribution in [0.5, 0.6) is 0 Å². The van der Waals surface area contributed by atoms with Gasteiger partial charge in [0.15, 0.2) is 0 Å². The molecule has 0 radical (unpaired) electrons. The molecule has 0 bridgehead atoms. The minimum Gasteiger partial charge on any atom is -0.310 e. The second-order valence-corrected chi connectivity index (χ2v) is 11.3. The van der Waals surface area contributed by atoms with Gasteiger partial charge in [0, 0.05) is 33.4 Å². The predicted octanol–water partition coefficient (Wildman–Crippen LogP) is 13.3. The largest absolute Gasteiger partial charge is 0.310 e. The van der Waals surface area contributed by atoms with Gasteiger partial charge in [-0.3, -0.25) is 0 Å². The smallest absolute Gasteiger partial charge is 0.0645 e. The normalized spacial score (nSPS) is 16.2. The summed E-state index contributed by atoms with van der Waals surface area (Å²) in [7, 11) is 0. The molecular formula is C48H34N2. The fourth-order valence-electron chi connectivity index (χ4n) is 6.12. The Morgan fingerprint density at radius 1 is 0.400 bits per heavy atom. The maximum absolute atomic E-state index is 9.57. The molecule has 0 unspecified atom stereocenters. The Morgan fingerprint density at radius 2 is 1.00 bits per heavy atom. The van der Waals surface area contributed by atoms with Crippen molar-refractivity contribution in [3.8, 4) is 39.1 Å². The van der Waals surface area contributed by atoms with Crippen LogP contribution in [0.1, 0.15) is 24.7 Å². The van der Waals surface area contributed by atoms with Crippen molar-refractivity contribution in [1.29, 1.82) is 0 Å². The molecule has 9 rings (SSSR count). The van der Waals surface area contributed by atoms with Crippen LogP contribution < -0.4 is 4.90 Å². The lowest BCUT2D eigenvalue weighted by atomic mass is 10.0. The van der Waals surface area contributed by atoms with E-state index in [1.165, 1.54) is 0 Å². The van der Waals surface area contributed by atoms with Crippen LogP contribution in [-0.2, 0) is 0 Å². The summed E-state index contributed by atoms with van der Waals surface area (Å²) < 4.78 is 162. The Bertz CT molecular complexity index is 3520. The third-order valence-corrected chi connectivity index (χ3v) is 8.38. The van der Waals surface area contributed by atoms with Gasteiger partial charge < -0.3 is 9.47 Å². The summed E-state index contributed by atoms with van der Waals surface area (Å²) in [6.45, 7) is 0. The highest BCUT2D eigenvalue weighted by Crippen LogP contribution is 2.42. The van der Waals surface area contributed by atoms with Crippen molar-refractivity contribution < 1.29 is 24.7 Å². The lowest BCUT2D eigenvalue weighted by molar-refractivity contribution is 1.18. The highest BCUT2D eigenvalue weighted by atomic mass is 15.1. The van der Waals surface area contributed by atoms with E-state index in [4.69, 9.17) is 17.8 Å². The van der Waals surface area contributed by atoms with Crippen LogP contribution in [0.4, 0.5) is 17.1 Å². The first-order valence-corrected chi connectivity index (χ1v) is 15.6. The number of nitrogens with zero attached hydrogens (tertiary/aromatic N) is 2. The molecule has 50 heavy (non-hydrogen) atoms. The van der Waals surface area contributed by atoms with Crippen LogP contribution in [0.15, 0.2) is 206 Å². The summed E-state index contributed by atoms with van der Waals surface area (Å²) in [6.07, 6.45) is 0. The van der Waals surface area contributed by atoms with Gasteiger partial charge in [-0.25, -0.2) is 0 Å². The molecule has 0 saturated carbocycles. The molecule has 0 N–H and O–H groups in total. The number of hydrogen-bond acceptors (Lipinski definition) is 1. The minimum absolute atomic E-state index is 0.198. The molecule has 0 spiro atoms. The Hall–Kier alpha value is -6.64. The number of benzene rings is 8. The molecule has 8 aromatic carbocycles. The fraction of sp³-hybridized carbons (Fsp3) is 0. The third kappa shape index (κ3) is 5.34. The summed E-state index contributed by atoms with van der Waals surface area (Å²) in [6, 6.07) is 14.7. The van der Waals surface area contributed by atoms with E-state index in [1.54, 1.807) is 18.2 Å². The zero-order chi connectivity index (χ0) is 48.9. The molecule has 0 aliphatic rings. The quantitative estimate of drug-likeness (QED) is 0.166. The van der Waals surface area contributed by atoms with E-state index in [0.29, 0.717) is 10.3 Å². The van der Waals surface area contributed by atoms with Crippen molar-refractivity contribution >= 4 is 38.9 Å². The lowest BCUT2D eigenvalue weighted by Gasteiger charge is -2.28. The summed E-state index contributed by atoms with van der Waals surface area (Å²) in [5.41, 5.74) is 0.475. The Kier molecular flexibility index (Phi) is 4.13. The summed E-state index contributed by atoms with van der Waals surface area (Å²) in [4.78, 5) is 0.582. The van der Waals surface area contributed by atoms with Crippen molar-refractivity contribution in [2.24, 2.45) is 0 Å². The maximum atomic E-state index is 9.57. The highest BCUT2D eigenvalue weighted by Gasteiger charge is 2.18. The Morgan fingerprint density at radius 3 is 1.78 bits per heavy atom. The van der Waals surface area contributed by atoms with Crippen LogP contribution in [0.2, 0.25) is 0 Å². The van der Waals surface area contributed by atoms with Gasteiger partial charge in [0.05, 0.1) is 41.4 Å². The van der Waals surface area contributed by atoms with E-state index in [-0.39, 0.29) is 11.1 Å². The van der Waals surface area contributed by atoms with Gasteiger partial charge >= 0.3 is 0 Å². The minimum atomic E-state index is -1.02. The van der Waals surface area contributed by atoms with Crippen molar-refractivity contribution in [2.45, 2.75) is 0 Å². The highest BCUT2D eigenvalue weighted by molar-refractivity contribution is 6.10. The van der Waals surface area contributed by atoms with Gasteiger partial charge in [-0.15, -0.1) is 0 Å². The zero-order valence-corrected chi connectivity index (χ0v) is 26.1. The van der Waals surface area contributed by atoms with Gasteiger partial charge in [0.1, 0.15) is 0 Å². The van der Waals surface area contributed by atoms with Crippen molar-refractivity contribution in [2.75, 3.05) is 4.90 Å². The first-order chi connectivity index (χ1) is 32.3. The number of para-hydroxylation sites is 3. The second kappa shape index (κ2) is 12.8. The maximum Gasteiger partial charge on any atom is 0.0645 e. The standard InChI is InChI=1S/C48H34N2/c1-4-14-35(15-5-1)36-24-31-42(32-25-36)50-47-23-13-11-21-44(47)45-34-39(28-33-48(45)50)37-26-29-41(30-27-37)49(40-18-8-3-9-19-40)46-22-12-10-20-43(46)38-16-6-2-7-17-38/h1-34H/i2D,3D,6D,7D,8D,9D,10D,12D,16D,17D,18D,19D,20D,22D,26D,27D,29D,30D. The van der Waals surface area contributed by atoms with Gasteiger partial charge in [0.2, 0.25) is 0 Å². The van der Waals surface area contributed by atoms with E-state index in [9.17, 15) is 6.85 Å². The molecule has 2 nitrogen and oxygen atoms in total. The van der Waals surface area contributed by atoms with E-state index in [2.05, 4.69) is 4.57 Å². The third-order valence-electron chi connectivity index (χ3n) is 8.38. The molecule has 2 heteroatoms. The summed E-state index contributed by atoms with van der Waals surface area (Å²) in [5.74, 6) is 0. The molecule has 1 heterocycles. The van der Waals surface area contributed by atoms with Crippen molar-refractivity contribution in [3.63, 3.8) is 0 Å². The first kappa shape index (κ1) is 16.2. The first-order valence-electron chi connectivity index (χ1n) is 24.6. The van der Waals surface area contributed by atoms with Crippen LogP contribution >= 0.6 is 0 Å². The number of hydrogen-bond donors (Lipinski definition) is 0. The molecule has 9 aromatic rings. The number of rotatable bonds is 7. The molecule has 0 fully saturated rings. The van der Waals surface area contributed by atoms with Gasteiger partial charge in [-0.1, -0.05) is 145 Å². The van der Waals surface area contributed by atoms with E-state index in [1.807, 2.05) is 78.9 Å². The number of anilines is 3. The SMILES string of the molecule is [2H]c1c([2H])c([2H])c(-c2c([2H])c([2H])c([2H])c([2H])c2N(c2c([2H])c([2H])c([2H])c([2H])c2[2H])c2c([2H])c([2H])c(-c3ccc4c(c3)c3ccccc3n4-c3ccc(-c4ccccc4)cc3)c([2H])c2[2H])c([2H])c1[2H]. The molecule has 0 saturated heterocycles. The molecule has 0 aliphatic carbocycles. The summed E-state index contributed by atoms with van der Waals surface area (Å²) in [5, 5.41) is 1.52. The predicted molar refractivity (Wildman–Crippen MR) is 212 cm³/mol. The average molecular weight is 657 g/mol. The molecule has 0 amide bonds. The number of fused-ring (bicyclic) bond motifs is 3. The Balaban J connectivity index is 1.33. The van der Waals surface area contributed by atoms with E-state index < -0.39 is 137 Å². The van der Waals surface area contributed by atoms with Crippen molar-refractivity contribution in [1.82, 2.24) is 4.57 Å².